The van der Waals surface area contributed by atoms with E-state index in [4.69, 9.17) is 4.74 Å². The fourth-order valence-corrected chi connectivity index (χ4v) is 2.24. The number of alkyl halides is 2. The van der Waals surface area contributed by atoms with E-state index in [1.807, 2.05) is 0 Å². The van der Waals surface area contributed by atoms with Crippen molar-refractivity contribution in [3.63, 3.8) is 0 Å². The highest BCUT2D eigenvalue weighted by atomic mass is 19.3. The number of halogens is 2. The second kappa shape index (κ2) is 8.32. The lowest BCUT2D eigenvalue weighted by Gasteiger charge is -2.16. The summed E-state index contributed by atoms with van der Waals surface area (Å²) in [5, 5.41) is 0. The van der Waals surface area contributed by atoms with Crippen LogP contribution in [-0.2, 0) is 9.53 Å². The zero-order valence-corrected chi connectivity index (χ0v) is 12.1. The maximum Gasteiger partial charge on any atom is 0.387 e. The number of allylic oxidation sites excluding steroid dienone is 2. The minimum atomic E-state index is -2.90. The van der Waals surface area contributed by atoms with Crippen LogP contribution in [0.25, 0.3) is 6.08 Å². The van der Waals surface area contributed by atoms with E-state index in [0.717, 1.165) is 19.3 Å². The Bertz CT molecular complexity index is 553. The van der Waals surface area contributed by atoms with Crippen LogP contribution in [0.15, 0.2) is 42.5 Å². The number of para-hydroxylation sites is 1. The smallest absolute Gasteiger partial charge is 0.387 e. The summed E-state index contributed by atoms with van der Waals surface area (Å²) in [4.78, 5) is 11.7. The molecule has 0 N–H and O–H groups in total. The van der Waals surface area contributed by atoms with Gasteiger partial charge in [0.1, 0.15) is 5.75 Å². The van der Waals surface area contributed by atoms with Crippen molar-refractivity contribution in [1.29, 1.82) is 0 Å². The summed E-state index contributed by atoms with van der Waals surface area (Å²) in [6.07, 6.45) is 9.80. The first kappa shape index (κ1) is 16.2. The molecule has 1 aromatic carbocycles. The van der Waals surface area contributed by atoms with E-state index in [-0.39, 0.29) is 5.75 Å². The normalized spacial score (nSPS) is 17.9. The molecule has 0 radical (unpaired) electrons. The summed E-state index contributed by atoms with van der Waals surface area (Å²) in [5.74, 6) is -0.0998. The molecule has 0 saturated heterocycles. The summed E-state index contributed by atoms with van der Waals surface area (Å²) in [6, 6.07) is 6.28. The minimum Gasteiger partial charge on any atom is -0.462 e. The Kier molecular flexibility index (Phi) is 6.13. The fraction of sp³-hybridized carbons (Fsp3) is 0.353. The van der Waals surface area contributed by atoms with Crippen LogP contribution in [0.2, 0.25) is 0 Å². The highest BCUT2D eigenvalue weighted by molar-refractivity contribution is 5.87. The van der Waals surface area contributed by atoms with Crippen LogP contribution in [0.3, 0.4) is 0 Å². The van der Waals surface area contributed by atoms with Crippen LogP contribution in [0, 0.1) is 5.92 Å². The van der Waals surface area contributed by atoms with Gasteiger partial charge in [-0.1, -0.05) is 30.4 Å². The molecule has 22 heavy (non-hydrogen) atoms. The molecule has 0 aromatic heterocycles. The molecular formula is C17H18F2O3. The molecule has 118 valence electrons. The maximum atomic E-state index is 12.3. The molecule has 5 heteroatoms. The average Bonchev–Trinajstić information content (AvgIpc) is 2.52. The molecular weight excluding hydrogens is 290 g/mol. The number of hydrogen-bond donors (Lipinski definition) is 0. The number of carbonyl (C=O) groups is 1. The zero-order valence-electron chi connectivity index (χ0n) is 12.1. The van der Waals surface area contributed by atoms with Gasteiger partial charge in [-0.05, 0) is 37.3 Å². The Morgan fingerprint density at radius 3 is 2.86 bits per heavy atom. The SMILES string of the molecule is O=C(/C=C/c1ccccc1OC(F)F)OCC1CC=CCC1. The van der Waals surface area contributed by atoms with Crippen LogP contribution >= 0.6 is 0 Å². The van der Waals surface area contributed by atoms with Gasteiger partial charge < -0.3 is 9.47 Å². The third-order valence-electron chi connectivity index (χ3n) is 3.37. The van der Waals surface area contributed by atoms with Gasteiger partial charge in [-0.3, -0.25) is 0 Å². The van der Waals surface area contributed by atoms with Crippen LogP contribution in [0.4, 0.5) is 8.78 Å². The van der Waals surface area contributed by atoms with Gasteiger partial charge in [0.15, 0.2) is 0 Å². The molecule has 0 spiro atoms. The molecule has 1 aliphatic carbocycles. The van der Waals surface area contributed by atoms with Crippen molar-refractivity contribution in [2.45, 2.75) is 25.9 Å². The summed E-state index contributed by atoms with van der Waals surface area (Å²) in [6.45, 7) is -2.52. The highest BCUT2D eigenvalue weighted by Gasteiger charge is 2.12. The van der Waals surface area contributed by atoms with E-state index in [0.29, 0.717) is 18.1 Å². The van der Waals surface area contributed by atoms with Crippen molar-refractivity contribution < 1.29 is 23.0 Å². The van der Waals surface area contributed by atoms with Gasteiger partial charge in [0, 0.05) is 11.6 Å². The lowest BCUT2D eigenvalue weighted by molar-refractivity contribution is -0.139. The highest BCUT2D eigenvalue weighted by Crippen LogP contribution is 2.22. The molecule has 0 aliphatic heterocycles. The summed E-state index contributed by atoms with van der Waals surface area (Å²) in [5.41, 5.74) is 0.403. The molecule has 0 heterocycles. The molecule has 0 bridgehead atoms. The monoisotopic (exact) mass is 308 g/mol. The zero-order chi connectivity index (χ0) is 15.8. The van der Waals surface area contributed by atoms with Crippen LogP contribution in [-0.4, -0.2) is 19.2 Å². The van der Waals surface area contributed by atoms with Crippen LogP contribution in [0.5, 0.6) is 5.75 Å². The van der Waals surface area contributed by atoms with Crippen LogP contribution < -0.4 is 4.74 Å². The maximum absolute atomic E-state index is 12.3. The van der Waals surface area contributed by atoms with Crippen LogP contribution in [0.1, 0.15) is 24.8 Å². The topological polar surface area (TPSA) is 35.5 Å². The molecule has 1 unspecified atom stereocenters. The van der Waals surface area contributed by atoms with Crippen molar-refractivity contribution in [3.05, 3.63) is 48.1 Å². The lowest BCUT2D eigenvalue weighted by atomic mass is 9.95. The number of esters is 1. The second-order valence-electron chi connectivity index (χ2n) is 5.03. The van der Waals surface area contributed by atoms with Gasteiger partial charge in [-0.15, -0.1) is 0 Å². The minimum absolute atomic E-state index is 0.0268. The number of carbonyl (C=O) groups excluding carboxylic acids is 1. The largest absolute Gasteiger partial charge is 0.462 e. The van der Waals surface area contributed by atoms with Crippen molar-refractivity contribution in [2.24, 2.45) is 5.92 Å². The van der Waals surface area contributed by atoms with E-state index in [9.17, 15) is 13.6 Å². The van der Waals surface area contributed by atoms with Crippen molar-refractivity contribution >= 4 is 12.0 Å². The molecule has 1 aromatic rings. The third-order valence-corrected chi connectivity index (χ3v) is 3.37. The predicted molar refractivity (Wildman–Crippen MR) is 79.5 cm³/mol. The Morgan fingerprint density at radius 1 is 1.32 bits per heavy atom. The van der Waals surface area contributed by atoms with Crippen molar-refractivity contribution in [3.8, 4) is 5.75 Å². The first-order valence-corrected chi connectivity index (χ1v) is 7.19. The number of rotatable bonds is 6. The Morgan fingerprint density at radius 2 is 2.14 bits per heavy atom. The molecule has 3 nitrogen and oxygen atoms in total. The van der Waals surface area contributed by atoms with E-state index in [2.05, 4.69) is 16.9 Å². The lowest BCUT2D eigenvalue weighted by Crippen LogP contribution is -2.13. The first-order chi connectivity index (χ1) is 10.6. The van der Waals surface area contributed by atoms with Gasteiger partial charge in [0.2, 0.25) is 0 Å². The Labute approximate surface area is 128 Å². The van der Waals surface area contributed by atoms with Gasteiger partial charge >= 0.3 is 12.6 Å². The van der Waals surface area contributed by atoms with Gasteiger partial charge in [-0.25, -0.2) is 4.79 Å². The van der Waals surface area contributed by atoms with Gasteiger partial charge in [0.25, 0.3) is 0 Å². The Hall–Kier alpha value is -2.17. The van der Waals surface area contributed by atoms with Crippen molar-refractivity contribution in [2.75, 3.05) is 6.61 Å². The Balaban J connectivity index is 1.88. The second-order valence-corrected chi connectivity index (χ2v) is 5.03. The number of ether oxygens (including phenoxy) is 2. The summed E-state index contributed by atoms with van der Waals surface area (Å²) < 4.78 is 34.1. The quantitative estimate of drug-likeness (QED) is 0.449. The number of benzene rings is 1. The van der Waals surface area contributed by atoms with Gasteiger partial charge in [-0.2, -0.15) is 8.78 Å². The fourth-order valence-electron chi connectivity index (χ4n) is 2.24. The van der Waals surface area contributed by atoms with E-state index in [1.54, 1.807) is 18.2 Å². The molecule has 0 fully saturated rings. The van der Waals surface area contributed by atoms with Crippen molar-refractivity contribution in [1.82, 2.24) is 0 Å². The molecule has 0 amide bonds. The molecule has 0 saturated carbocycles. The predicted octanol–water partition coefficient (Wildman–Crippen LogP) is 4.20. The van der Waals surface area contributed by atoms with E-state index < -0.39 is 12.6 Å². The van der Waals surface area contributed by atoms with E-state index in [1.165, 1.54) is 18.2 Å². The average molecular weight is 308 g/mol. The summed E-state index contributed by atoms with van der Waals surface area (Å²) >= 11 is 0. The molecule has 1 atom stereocenters. The van der Waals surface area contributed by atoms with Gasteiger partial charge in [0.05, 0.1) is 6.61 Å². The van der Waals surface area contributed by atoms with E-state index >= 15 is 0 Å². The standard InChI is InChI=1S/C17H18F2O3/c18-17(19)22-15-9-5-4-8-14(15)10-11-16(20)21-12-13-6-2-1-3-7-13/h1-2,4-5,8-11,13,17H,3,6-7,12H2/b11-10+. The summed E-state index contributed by atoms with van der Waals surface area (Å²) in [7, 11) is 0. The third kappa shape index (κ3) is 5.31. The molecule has 2 rings (SSSR count). The number of hydrogen-bond acceptors (Lipinski definition) is 3. The molecule has 1 aliphatic rings. The first-order valence-electron chi connectivity index (χ1n) is 7.19.